The lowest BCUT2D eigenvalue weighted by molar-refractivity contribution is -0.904. The van der Waals surface area contributed by atoms with Crippen molar-refractivity contribution in [2.24, 2.45) is 0 Å². The fraction of sp³-hybridized carbons (Fsp3) is 1.00. The van der Waals surface area contributed by atoms with Crippen molar-refractivity contribution in [1.29, 1.82) is 0 Å². The van der Waals surface area contributed by atoms with Gasteiger partial charge in [0.1, 0.15) is 0 Å². The van der Waals surface area contributed by atoms with Crippen LogP contribution >= 0.6 is 11.1 Å². The molecule has 0 aliphatic carbocycles. The summed E-state index contributed by atoms with van der Waals surface area (Å²) in [5.41, 5.74) is 0. The molecule has 0 atom stereocenters. The number of rotatable bonds is 2. The molecule has 1 rings (SSSR count). The van der Waals surface area contributed by atoms with Crippen molar-refractivity contribution in [2.75, 3.05) is 26.3 Å². The lowest BCUT2D eigenvalue weighted by Gasteiger charge is -2.40. The standard InChI is InChI=1S/C9H21ClNSi/c1-11(9-12(2,3)10)7-5-4-6-8-11/h4-9H2,1-3H3/q+1. The molecule has 0 spiro atoms. The van der Waals surface area contributed by atoms with Crippen molar-refractivity contribution in [1.82, 2.24) is 0 Å². The van der Waals surface area contributed by atoms with E-state index >= 15 is 0 Å². The number of nitrogens with zero attached hydrogens (tertiary/aromatic N) is 1. The van der Waals surface area contributed by atoms with E-state index in [9.17, 15) is 0 Å². The molecule has 0 radical (unpaired) electrons. The molecule has 0 saturated carbocycles. The Hall–Kier alpha value is 0.467. The Kier molecular flexibility index (Phi) is 3.24. The van der Waals surface area contributed by atoms with Crippen LogP contribution in [0.4, 0.5) is 0 Å². The van der Waals surface area contributed by atoms with Crippen LogP contribution in [0.1, 0.15) is 19.3 Å². The number of hydrogen-bond acceptors (Lipinski definition) is 0. The maximum Gasteiger partial charge on any atom is 0.211 e. The van der Waals surface area contributed by atoms with Crippen LogP contribution in [0.15, 0.2) is 0 Å². The van der Waals surface area contributed by atoms with Crippen molar-refractivity contribution >= 4 is 18.5 Å². The second-order valence-electron chi connectivity index (χ2n) is 5.00. The number of quaternary nitrogens is 1. The Morgan fingerprint density at radius 3 is 2.08 bits per heavy atom. The molecule has 3 heteroatoms. The first-order valence-electron chi connectivity index (χ1n) is 4.94. The van der Waals surface area contributed by atoms with Crippen molar-refractivity contribution in [3.05, 3.63) is 0 Å². The summed E-state index contributed by atoms with van der Waals surface area (Å²) in [4.78, 5) is 0. The summed E-state index contributed by atoms with van der Waals surface area (Å²) in [6.45, 7) is 7.21. The zero-order chi connectivity index (χ0) is 9.24. The normalized spacial score (nSPS) is 24.0. The topological polar surface area (TPSA) is 0 Å². The van der Waals surface area contributed by atoms with E-state index in [0.717, 1.165) is 0 Å². The second-order valence-corrected chi connectivity index (χ2v) is 11.8. The zero-order valence-electron chi connectivity index (χ0n) is 8.57. The van der Waals surface area contributed by atoms with E-state index in [0.29, 0.717) is 0 Å². The molecule has 0 aromatic carbocycles. The fourth-order valence-corrected chi connectivity index (χ4v) is 5.34. The Labute approximate surface area is 82.0 Å². The fourth-order valence-electron chi connectivity index (χ4n) is 2.34. The summed E-state index contributed by atoms with van der Waals surface area (Å²) in [7, 11) is 0.999. The van der Waals surface area contributed by atoms with Gasteiger partial charge in [-0.2, -0.15) is 11.1 Å². The van der Waals surface area contributed by atoms with Gasteiger partial charge in [0.05, 0.1) is 26.3 Å². The van der Waals surface area contributed by atoms with Gasteiger partial charge in [-0.05, 0) is 19.3 Å². The first-order chi connectivity index (χ1) is 5.41. The van der Waals surface area contributed by atoms with Crippen LogP contribution in [0, 0.1) is 0 Å². The third-order valence-electron chi connectivity index (χ3n) is 2.65. The van der Waals surface area contributed by atoms with E-state index < -0.39 is 7.38 Å². The molecule has 0 bridgehead atoms. The maximum absolute atomic E-state index is 6.38. The molecule has 1 nitrogen and oxygen atoms in total. The summed E-state index contributed by atoms with van der Waals surface area (Å²) in [6.07, 6.45) is 5.47. The highest BCUT2D eigenvalue weighted by atomic mass is 35.6. The number of piperidine rings is 1. The van der Waals surface area contributed by atoms with Crippen LogP contribution in [-0.2, 0) is 0 Å². The smallest absolute Gasteiger partial charge is 0.211 e. The average molecular weight is 207 g/mol. The lowest BCUT2D eigenvalue weighted by Crippen LogP contribution is -2.54. The van der Waals surface area contributed by atoms with Gasteiger partial charge < -0.3 is 4.48 Å². The third kappa shape index (κ3) is 3.46. The van der Waals surface area contributed by atoms with Crippen molar-refractivity contribution in [2.45, 2.75) is 32.4 Å². The molecule has 0 amide bonds. The van der Waals surface area contributed by atoms with Crippen LogP contribution in [0.3, 0.4) is 0 Å². The summed E-state index contributed by atoms with van der Waals surface area (Å²) < 4.78 is 1.24. The molecule has 1 saturated heterocycles. The molecule has 72 valence electrons. The summed E-state index contributed by atoms with van der Waals surface area (Å²) in [6, 6.07) is 0. The highest BCUT2D eigenvalue weighted by Gasteiger charge is 2.33. The second kappa shape index (κ2) is 3.68. The van der Waals surface area contributed by atoms with Gasteiger partial charge in [0.15, 0.2) is 0 Å². The molecule has 12 heavy (non-hydrogen) atoms. The van der Waals surface area contributed by atoms with E-state index in [1.807, 2.05) is 0 Å². The first-order valence-corrected chi connectivity index (χ1v) is 9.16. The average Bonchev–Trinajstić information content (AvgIpc) is 1.83. The van der Waals surface area contributed by atoms with Gasteiger partial charge in [-0.1, -0.05) is 13.1 Å². The predicted molar refractivity (Wildman–Crippen MR) is 58.0 cm³/mol. The third-order valence-corrected chi connectivity index (χ3v) is 4.53. The van der Waals surface area contributed by atoms with E-state index in [2.05, 4.69) is 20.1 Å². The van der Waals surface area contributed by atoms with Crippen molar-refractivity contribution in [3.8, 4) is 0 Å². The van der Waals surface area contributed by atoms with Gasteiger partial charge in [0, 0.05) is 0 Å². The molecule has 1 heterocycles. The quantitative estimate of drug-likeness (QED) is 0.370. The minimum Gasteiger partial charge on any atom is -0.328 e. The minimum absolute atomic E-state index is 1.24. The van der Waals surface area contributed by atoms with E-state index in [1.165, 1.54) is 43.0 Å². The molecule has 1 aliphatic heterocycles. The van der Waals surface area contributed by atoms with Gasteiger partial charge >= 0.3 is 0 Å². The molecular formula is C9H21ClNSi+. The summed E-state index contributed by atoms with van der Waals surface area (Å²) in [5, 5.41) is 0. The summed E-state index contributed by atoms with van der Waals surface area (Å²) >= 11 is 6.38. The highest BCUT2D eigenvalue weighted by molar-refractivity contribution is 7.19. The molecule has 0 N–H and O–H groups in total. The van der Waals surface area contributed by atoms with Crippen LogP contribution in [0.2, 0.25) is 13.1 Å². The number of halogens is 1. The molecular weight excluding hydrogens is 186 g/mol. The molecule has 1 fully saturated rings. The highest BCUT2D eigenvalue weighted by Crippen LogP contribution is 2.21. The first kappa shape index (κ1) is 10.5. The van der Waals surface area contributed by atoms with Crippen LogP contribution in [0.25, 0.3) is 0 Å². The van der Waals surface area contributed by atoms with Gasteiger partial charge in [0.25, 0.3) is 0 Å². The van der Waals surface area contributed by atoms with Gasteiger partial charge in [-0.25, -0.2) is 0 Å². The van der Waals surface area contributed by atoms with E-state index in [4.69, 9.17) is 11.1 Å². The summed E-state index contributed by atoms with van der Waals surface area (Å²) in [5.74, 6) is 0. The zero-order valence-corrected chi connectivity index (χ0v) is 10.3. The molecule has 1 aliphatic rings. The molecule has 0 aromatic heterocycles. The monoisotopic (exact) mass is 206 g/mol. The van der Waals surface area contributed by atoms with Crippen molar-refractivity contribution in [3.63, 3.8) is 0 Å². The largest absolute Gasteiger partial charge is 0.328 e. The maximum atomic E-state index is 6.38. The van der Waals surface area contributed by atoms with Gasteiger partial charge in [-0.3, -0.25) is 0 Å². The molecule has 0 aromatic rings. The lowest BCUT2D eigenvalue weighted by atomic mass is 10.1. The van der Waals surface area contributed by atoms with Crippen LogP contribution in [-0.4, -0.2) is 38.2 Å². The Morgan fingerprint density at radius 2 is 1.67 bits per heavy atom. The Bertz CT molecular complexity index is 147. The number of hydrogen-bond donors (Lipinski definition) is 0. The van der Waals surface area contributed by atoms with Crippen LogP contribution in [0.5, 0.6) is 0 Å². The van der Waals surface area contributed by atoms with Gasteiger partial charge in [-0.15, -0.1) is 0 Å². The van der Waals surface area contributed by atoms with E-state index in [-0.39, 0.29) is 0 Å². The molecule has 0 unspecified atom stereocenters. The van der Waals surface area contributed by atoms with E-state index in [1.54, 1.807) is 0 Å². The number of likely N-dealkylation sites (tertiary alicyclic amines) is 1. The SMILES string of the molecule is C[N+]1(C[Si](C)(C)Cl)CCCCC1. The predicted octanol–water partition coefficient (Wildman–Crippen LogP) is 2.60. The Balaban J connectivity index is 2.47. The van der Waals surface area contributed by atoms with Crippen LogP contribution < -0.4 is 0 Å². The Morgan fingerprint density at radius 1 is 1.17 bits per heavy atom. The minimum atomic E-state index is -1.37. The van der Waals surface area contributed by atoms with Crippen molar-refractivity contribution < 1.29 is 4.48 Å². The van der Waals surface area contributed by atoms with Gasteiger partial charge in [0.2, 0.25) is 7.38 Å².